The first kappa shape index (κ1) is 23.6. The van der Waals surface area contributed by atoms with Crippen molar-refractivity contribution in [1.29, 1.82) is 0 Å². The molecule has 0 saturated carbocycles. The van der Waals surface area contributed by atoms with Crippen LogP contribution >= 0.6 is 0 Å². The molecule has 0 unspecified atom stereocenters. The van der Waals surface area contributed by atoms with E-state index in [0.29, 0.717) is 24.6 Å². The van der Waals surface area contributed by atoms with Crippen molar-refractivity contribution in [3.8, 4) is 11.4 Å². The first-order chi connectivity index (χ1) is 15.3. The Balaban J connectivity index is 1.52. The van der Waals surface area contributed by atoms with Gasteiger partial charge in [0.25, 0.3) is 0 Å². The Labute approximate surface area is 186 Å². The van der Waals surface area contributed by atoms with E-state index in [1.54, 1.807) is 12.2 Å². The van der Waals surface area contributed by atoms with Crippen LogP contribution in [0.4, 0.5) is 0 Å². The van der Waals surface area contributed by atoms with Crippen LogP contribution in [-0.4, -0.2) is 53.3 Å². The third kappa shape index (κ3) is 7.00. The molecule has 1 aliphatic rings. The average molecular weight is 444 g/mol. The monoisotopic (exact) mass is 444 g/mol. The maximum absolute atomic E-state index is 11.3. The molecular formula is C23H28N2O7. The molecule has 0 bridgehead atoms. The van der Waals surface area contributed by atoms with Crippen molar-refractivity contribution in [2.75, 3.05) is 6.61 Å². The van der Waals surface area contributed by atoms with E-state index >= 15 is 0 Å². The van der Waals surface area contributed by atoms with Crippen LogP contribution in [0.1, 0.15) is 38.6 Å². The molecule has 2 aromatic rings. The van der Waals surface area contributed by atoms with Crippen molar-refractivity contribution in [3.63, 3.8) is 0 Å². The number of aryl methyl sites for hydroxylation is 2. The summed E-state index contributed by atoms with van der Waals surface area (Å²) in [6, 6.07) is 7.91. The molecule has 1 aromatic heterocycles. The minimum Gasteiger partial charge on any atom is -0.463 e. The van der Waals surface area contributed by atoms with Gasteiger partial charge >= 0.3 is 11.9 Å². The Hall–Kier alpha value is -3.04. The van der Waals surface area contributed by atoms with Crippen LogP contribution in [0.25, 0.3) is 11.4 Å². The molecule has 1 aromatic carbocycles. The van der Waals surface area contributed by atoms with Crippen molar-refractivity contribution < 1.29 is 33.1 Å². The minimum atomic E-state index is -0.664. The van der Waals surface area contributed by atoms with Gasteiger partial charge in [-0.05, 0) is 38.5 Å². The highest BCUT2D eigenvalue weighted by Gasteiger charge is 2.31. The van der Waals surface area contributed by atoms with Crippen LogP contribution in [0.3, 0.4) is 0 Å². The number of nitrogens with zero attached hydrogens (tertiary/aromatic N) is 2. The van der Waals surface area contributed by atoms with E-state index < -0.39 is 30.4 Å². The quantitative estimate of drug-likeness (QED) is 0.425. The number of rotatable bonds is 9. The number of esters is 2. The van der Waals surface area contributed by atoms with Gasteiger partial charge in [0.15, 0.2) is 6.29 Å². The second-order valence-electron chi connectivity index (χ2n) is 7.67. The van der Waals surface area contributed by atoms with Gasteiger partial charge in [0.2, 0.25) is 11.7 Å². The lowest BCUT2D eigenvalue weighted by molar-refractivity contribution is -0.208. The van der Waals surface area contributed by atoms with Crippen LogP contribution in [0, 0.1) is 6.92 Å². The molecule has 3 rings (SSSR count). The Morgan fingerprint density at radius 3 is 2.72 bits per heavy atom. The Morgan fingerprint density at radius 2 is 2.00 bits per heavy atom. The SMILES string of the molecule is CC(=O)OC[C@H]1O[C@H](O[C@@H](C)CCc2nc(-c3cccc(C)c3)no2)C=C[C@@H]1OC(C)=O. The summed E-state index contributed by atoms with van der Waals surface area (Å²) >= 11 is 0. The van der Waals surface area contributed by atoms with E-state index in [9.17, 15) is 9.59 Å². The van der Waals surface area contributed by atoms with Gasteiger partial charge in [0.1, 0.15) is 18.8 Å². The van der Waals surface area contributed by atoms with Gasteiger partial charge in [0.05, 0.1) is 6.10 Å². The standard InChI is InChI=1S/C23H28N2O7/c1-14-6-5-7-18(12-14)23-24-21(32-25-23)10-8-15(2)29-22-11-9-19(30-17(4)27)20(31-22)13-28-16(3)26/h5-7,9,11-12,15,19-20,22H,8,10,13H2,1-4H3/t15-,19-,20+,22-/m0/s1. The van der Waals surface area contributed by atoms with Crippen LogP contribution < -0.4 is 0 Å². The minimum absolute atomic E-state index is 0.0460. The largest absolute Gasteiger partial charge is 0.463 e. The fourth-order valence-electron chi connectivity index (χ4n) is 3.22. The molecule has 9 heteroatoms. The molecule has 172 valence electrons. The fourth-order valence-corrected chi connectivity index (χ4v) is 3.22. The molecule has 1 aliphatic heterocycles. The van der Waals surface area contributed by atoms with Crippen molar-refractivity contribution in [3.05, 3.63) is 47.9 Å². The lowest BCUT2D eigenvalue weighted by atomic mass is 10.1. The topological polar surface area (TPSA) is 110 Å². The molecule has 0 saturated heterocycles. The molecule has 0 aliphatic carbocycles. The summed E-state index contributed by atoms with van der Waals surface area (Å²) in [6.45, 7) is 6.49. The summed E-state index contributed by atoms with van der Waals surface area (Å²) in [6.07, 6.45) is 2.38. The second kappa shape index (κ2) is 11.0. The predicted octanol–water partition coefficient (Wildman–Crippen LogP) is 3.16. The molecule has 0 spiro atoms. The number of carbonyl (C=O) groups is 2. The molecule has 2 heterocycles. The van der Waals surface area contributed by atoms with E-state index in [2.05, 4.69) is 10.1 Å². The normalized spacial score (nSPS) is 21.2. The summed E-state index contributed by atoms with van der Waals surface area (Å²) in [5.74, 6) is 0.189. The van der Waals surface area contributed by atoms with Crippen LogP contribution in [0.2, 0.25) is 0 Å². The third-order valence-corrected chi connectivity index (χ3v) is 4.76. The Bertz CT molecular complexity index is 955. The number of ether oxygens (including phenoxy) is 4. The maximum Gasteiger partial charge on any atom is 0.303 e. The van der Waals surface area contributed by atoms with E-state index in [-0.39, 0.29) is 12.7 Å². The number of hydrogen-bond donors (Lipinski definition) is 0. The van der Waals surface area contributed by atoms with E-state index in [4.69, 9.17) is 23.5 Å². The first-order valence-corrected chi connectivity index (χ1v) is 10.5. The van der Waals surface area contributed by atoms with Gasteiger partial charge in [-0.1, -0.05) is 28.9 Å². The summed E-state index contributed by atoms with van der Waals surface area (Å²) < 4.78 is 27.4. The smallest absolute Gasteiger partial charge is 0.303 e. The number of hydrogen-bond acceptors (Lipinski definition) is 9. The lowest BCUT2D eigenvalue weighted by Gasteiger charge is -2.32. The van der Waals surface area contributed by atoms with E-state index in [1.807, 2.05) is 38.1 Å². The molecule has 0 radical (unpaired) electrons. The van der Waals surface area contributed by atoms with E-state index in [0.717, 1.165) is 11.1 Å². The van der Waals surface area contributed by atoms with Crippen molar-refractivity contribution in [2.45, 2.75) is 65.1 Å². The number of benzene rings is 1. The highest BCUT2D eigenvalue weighted by Crippen LogP contribution is 2.21. The first-order valence-electron chi connectivity index (χ1n) is 10.5. The second-order valence-corrected chi connectivity index (χ2v) is 7.67. The molecule has 4 atom stereocenters. The van der Waals surface area contributed by atoms with Crippen LogP contribution in [0.15, 0.2) is 40.9 Å². The molecular weight excluding hydrogens is 416 g/mol. The van der Waals surface area contributed by atoms with Crippen LogP contribution in [-0.2, 0) is 35.0 Å². The molecule has 0 N–H and O–H groups in total. The molecule has 0 amide bonds. The van der Waals surface area contributed by atoms with Crippen molar-refractivity contribution in [1.82, 2.24) is 10.1 Å². The van der Waals surface area contributed by atoms with Gasteiger partial charge < -0.3 is 23.5 Å². The molecule has 32 heavy (non-hydrogen) atoms. The Kier molecular flexibility index (Phi) is 8.13. The zero-order chi connectivity index (χ0) is 23.1. The highest BCUT2D eigenvalue weighted by molar-refractivity contribution is 5.67. The van der Waals surface area contributed by atoms with Gasteiger partial charge in [-0.25, -0.2) is 0 Å². The fraction of sp³-hybridized carbons (Fsp3) is 0.478. The summed E-state index contributed by atoms with van der Waals surface area (Å²) in [5, 5.41) is 4.05. The average Bonchev–Trinajstić information content (AvgIpc) is 3.21. The summed E-state index contributed by atoms with van der Waals surface area (Å²) in [5.41, 5.74) is 2.03. The molecule has 9 nitrogen and oxygen atoms in total. The zero-order valence-corrected chi connectivity index (χ0v) is 18.6. The van der Waals surface area contributed by atoms with Gasteiger partial charge in [-0.2, -0.15) is 4.98 Å². The third-order valence-electron chi connectivity index (χ3n) is 4.76. The van der Waals surface area contributed by atoms with E-state index in [1.165, 1.54) is 13.8 Å². The van der Waals surface area contributed by atoms with Crippen LogP contribution in [0.5, 0.6) is 0 Å². The van der Waals surface area contributed by atoms with Gasteiger partial charge in [-0.15, -0.1) is 0 Å². The lowest BCUT2D eigenvalue weighted by Crippen LogP contribution is -2.42. The number of aromatic nitrogens is 2. The van der Waals surface area contributed by atoms with Gasteiger partial charge in [-0.3, -0.25) is 9.59 Å². The predicted molar refractivity (Wildman–Crippen MR) is 113 cm³/mol. The van der Waals surface area contributed by atoms with Gasteiger partial charge in [0, 0.05) is 25.8 Å². The molecule has 0 fully saturated rings. The summed E-state index contributed by atoms with van der Waals surface area (Å²) in [7, 11) is 0. The number of carbonyl (C=O) groups excluding carboxylic acids is 2. The highest BCUT2D eigenvalue weighted by atomic mass is 16.7. The maximum atomic E-state index is 11.3. The summed E-state index contributed by atoms with van der Waals surface area (Å²) in [4.78, 5) is 26.9. The van der Waals surface area contributed by atoms with Crippen molar-refractivity contribution in [2.24, 2.45) is 0 Å². The Morgan fingerprint density at radius 1 is 1.19 bits per heavy atom. The zero-order valence-electron chi connectivity index (χ0n) is 18.6. The van der Waals surface area contributed by atoms with Crippen molar-refractivity contribution >= 4 is 11.9 Å².